The van der Waals surface area contributed by atoms with Gasteiger partial charge < -0.3 is 19.1 Å². The van der Waals surface area contributed by atoms with E-state index >= 15 is 0 Å². The summed E-state index contributed by atoms with van der Waals surface area (Å²) in [5, 5.41) is 0.613. The van der Waals surface area contributed by atoms with Crippen molar-refractivity contribution in [3.05, 3.63) is 53.1 Å². The highest BCUT2D eigenvalue weighted by atomic mass is 35.5. The summed E-state index contributed by atoms with van der Waals surface area (Å²) in [6.07, 6.45) is 0. The Morgan fingerprint density at radius 1 is 1.08 bits per heavy atom. The molecule has 0 unspecified atom stereocenters. The molecule has 1 amide bonds. The van der Waals surface area contributed by atoms with E-state index in [-0.39, 0.29) is 5.91 Å². The Hall–Kier alpha value is -2.40. The topological polar surface area (TPSA) is 48.0 Å². The molecule has 0 bridgehead atoms. The van der Waals surface area contributed by atoms with E-state index in [1.165, 1.54) is 7.11 Å². The lowest BCUT2D eigenvalue weighted by atomic mass is 10.2. The van der Waals surface area contributed by atoms with E-state index in [0.717, 1.165) is 0 Å². The van der Waals surface area contributed by atoms with Crippen LogP contribution in [0.3, 0.4) is 0 Å². The first kappa shape index (κ1) is 17.9. The Kier molecular flexibility index (Phi) is 6.32. The Morgan fingerprint density at radius 2 is 1.83 bits per heavy atom. The molecule has 128 valence electrons. The number of rotatable bonds is 7. The van der Waals surface area contributed by atoms with E-state index in [2.05, 4.69) is 0 Å². The van der Waals surface area contributed by atoms with Crippen LogP contribution in [0.25, 0.3) is 0 Å². The smallest absolute Gasteiger partial charge is 0.253 e. The van der Waals surface area contributed by atoms with E-state index in [1.54, 1.807) is 49.4 Å². The highest BCUT2D eigenvalue weighted by Crippen LogP contribution is 2.27. The zero-order valence-electron chi connectivity index (χ0n) is 13.9. The number of nitrogens with zero attached hydrogens (tertiary/aromatic N) is 1. The fraction of sp³-hybridized carbons (Fsp3) is 0.278. The van der Waals surface area contributed by atoms with Gasteiger partial charge in [0.05, 0.1) is 20.8 Å². The van der Waals surface area contributed by atoms with Gasteiger partial charge in [-0.2, -0.15) is 0 Å². The first-order valence-corrected chi connectivity index (χ1v) is 7.79. The van der Waals surface area contributed by atoms with E-state index in [1.807, 2.05) is 12.1 Å². The van der Waals surface area contributed by atoms with Crippen molar-refractivity contribution in [1.82, 2.24) is 4.90 Å². The lowest BCUT2D eigenvalue weighted by molar-refractivity contribution is 0.0773. The fourth-order valence-electron chi connectivity index (χ4n) is 2.15. The molecule has 0 aliphatic heterocycles. The van der Waals surface area contributed by atoms with E-state index in [4.69, 9.17) is 25.8 Å². The second-order valence-electron chi connectivity index (χ2n) is 5.10. The van der Waals surface area contributed by atoms with Crippen molar-refractivity contribution in [2.75, 3.05) is 34.4 Å². The summed E-state index contributed by atoms with van der Waals surface area (Å²) in [7, 11) is 4.81. The Morgan fingerprint density at radius 3 is 2.50 bits per heavy atom. The molecule has 2 aromatic rings. The van der Waals surface area contributed by atoms with Crippen molar-refractivity contribution < 1.29 is 19.0 Å². The van der Waals surface area contributed by atoms with Crippen LogP contribution in [0.2, 0.25) is 5.02 Å². The van der Waals surface area contributed by atoms with Crippen LogP contribution in [-0.4, -0.2) is 45.2 Å². The van der Waals surface area contributed by atoms with Gasteiger partial charge in [0.25, 0.3) is 5.91 Å². The number of carbonyl (C=O) groups is 1. The van der Waals surface area contributed by atoms with Crippen LogP contribution in [-0.2, 0) is 0 Å². The summed E-state index contributed by atoms with van der Waals surface area (Å²) in [4.78, 5) is 14.1. The molecule has 0 aliphatic carbocycles. The number of ether oxygens (including phenoxy) is 3. The van der Waals surface area contributed by atoms with Crippen LogP contribution in [0.5, 0.6) is 17.2 Å². The van der Waals surface area contributed by atoms with Crippen LogP contribution in [0, 0.1) is 0 Å². The van der Waals surface area contributed by atoms with Gasteiger partial charge in [0.1, 0.15) is 12.4 Å². The van der Waals surface area contributed by atoms with Gasteiger partial charge in [-0.1, -0.05) is 17.7 Å². The molecular weight excluding hydrogens is 330 g/mol. The van der Waals surface area contributed by atoms with Gasteiger partial charge in [-0.25, -0.2) is 0 Å². The first-order valence-electron chi connectivity index (χ1n) is 7.41. The van der Waals surface area contributed by atoms with Gasteiger partial charge in [-0.05, 0) is 36.4 Å². The second-order valence-corrected chi connectivity index (χ2v) is 5.54. The molecule has 6 heteroatoms. The quantitative estimate of drug-likeness (QED) is 0.767. The Bertz CT molecular complexity index is 705. The molecule has 0 N–H and O–H groups in total. The van der Waals surface area contributed by atoms with Crippen molar-refractivity contribution in [1.29, 1.82) is 0 Å². The summed E-state index contributed by atoms with van der Waals surface area (Å²) < 4.78 is 16.0. The van der Waals surface area contributed by atoms with Gasteiger partial charge in [-0.15, -0.1) is 0 Å². The Balaban J connectivity index is 1.94. The summed E-state index contributed by atoms with van der Waals surface area (Å²) in [5.74, 6) is 1.66. The van der Waals surface area contributed by atoms with Gasteiger partial charge in [-0.3, -0.25) is 4.79 Å². The molecule has 2 rings (SSSR count). The normalized spacial score (nSPS) is 10.2. The summed E-state index contributed by atoms with van der Waals surface area (Å²) in [5.41, 5.74) is 0.526. The van der Waals surface area contributed by atoms with Crippen LogP contribution in [0.1, 0.15) is 10.4 Å². The average Bonchev–Trinajstić information content (AvgIpc) is 2.60. The number of carbonyl (C=O) groups excluding carboxylic acids is 1. The zero-order chi connectivity index (χ0) is 17.5. The third-order valence-corrected chi connectivity index (χ3v) is 3.70. The summed E-state index contributed by atoms with van der Waals surface area (Å²) in [6, 6.07) is 12.2. The maximum absolute atomic E-state index is 12.5. The minimum Gasteiger partial charge on any atom is -0.493 e. The summed E-state index contributed by atoms with van der Waals surface area (Å²) in [6.45, 7) is 0.815. The largest absolute Gasteiger partial charge is 0.493 e. The van der Waals surface area contributed by atoms with Crippen LogP contribution >= 0.6 is 11.6 Å². The standard InChI is InChI=1S/C18H20ClNO4/c1-20(9-10-24-15-6-4-5-14(19)12-15)18(21)13-7-8-16(22-2)17(11-13)23-3/h4-8,11-12H,9-10H2,1-3H3. The maximum atomic E-state index is 12.5. The van der Waals surface area contributed by atoms with Gasteiger partial charge >= 0.3 is 0 Å². The molecule has 24 heavy (non-hydrogen) atoms. The monoisotopic (exact) mass is 349 g/mol. The molecule has 0 aliphatic rings. The van der Waals surface area contributed by atoms with E-state index in [0.29, 0.717) is 41.0 Å². The third kappa shape index (κ3) is 4.55. The highest BCUT2D eigenvalue weighted by molar-refractivity contribution is 6.30. The van der Waals surface area contributed by atoms with E-state index < -0.39 is 0 Å². The van der Waals surface area contributed by atoms with Crippen LogP contribution in [0.15, 0.2) is 42.5 Å². The first-order chi connectivity index (χ1) is 11.5. The highest BCUT2D eigenvalue weighted by Gasteiger charge is 2.14. The number of methoxy groups -OCH3 is 2. The molecule has 0 heterocycles. The molecule has 0 saturated carbocycles. The predicted octanol–water partition coefficient (Wildman–Crippen LogP) is 3.51. The molecule has 0 spiro atoms. The van der Waals surface area contributed by atoms with Crippen molar-refractivity contribution in [3.8, 4) is 17.2 Å². The Labute approximate surface area is 146 Å². The third-order valence-electron chi connectivity index (χ3n) is 3.47. The zero-order valence-corrected chi connectivity index (χ0v) is 14.7. The molecule has 0 saturated heterocycles. The second kappa shape index (κ2) is 8.45. The number of halogens is 1. The average molecular weight is 350 g/mol. The van der Waals surface area contributed by atoms with Crippen molar-refractivity contribution in [2.24, 2.45) is 0 Å². The molecule has 0 aromatic heterocycles. The van der Waals surface area contributed by atoms with E-state index in [9.17, 15) is 4.79 Å². The lowest BCUT2D eigenvalue weighted by Crippen LogP contribution is -2.30. The van der Waals surface area contributed by atoms with Gasteiger partial charge in [0.2, 0.25) is 0 Å². The van der Waals surface area contributed by atoms with Crippen LogP contribution < -0.4 is 14.2 Å². The number of benzene rings is 2. The SMILES string of the molecule is COc1ccc(C(=O)N(C)CCOc2cccc(Cl)c2)cc1OC. The minimum absolute atomic E-state index is 0.120. The molecule has 0 atom stereocenters. The van der Waals surface area contributed by atoms with Crippen molar-refractivity contribution in [2.45, 2.75) is 0 Å². The van der Waals surface area contributed by atoms with Crippen molar-refractivity contribution >= 4 is 17.5 Å². The number of amides is 1. The fourth-order valence-corrected chi connectivity index (χ4v) is 2.33. The molecule has 5 nitrogen and oxygen atoms in total. The maximum Gasteiger partial charge on any atom is 0.253 e. The molecule has 0 fully saturated rings. The molecule has 0 radical (unpaired) electrons. The minimum atomic E-state index is -0.120. The van der Waals surface area contributed by atoms with Crippen molar-refractivity contribution in [3.63, 3.8) is 0 Å². The number of hydrogen-bond acceptors (Lipinski definition) is 4. The molecular formula is C18H20ClNO4. The lowest BCUT2D eigenvalue weighted by Gasteiger charge is -2.18. The van der Waals surface area contributed by atoms with Crippen LogP contribution in [0.4, 0.5) is 0 Å². The van der Waals surface area contributed by atoms with Gasteiger partial charge in [0.15, 0.2) is 11.5 Å². The van der Waals surface area contributed by atoms with Gasteiger partial charge in [0, 0.05) is 17.6 Å². The molecule has 2 aromatic carbocycles. The predicted molar refractivity (Wildman–Crippen MR) is 93.5 cm³/mol. The number of likely N-dealkylation sites (N-methyl/N-ethyl adjacent to an activating group) is 1. The summed E-state index contributed by atoms with van der Waals surface area (Å²) >= 11 is 5.90. The number of hydrogen-bond donors (Lipinski definition) is 0.